The standard InChI is InChI=1S/C16H16ClN3O2S/c1-9-3-4-10(2)13(7-9)18-16(23)20-19-15(22)12-8-11(17)5-6-14(12)21/h3-8,21H,1-2H3,(H,19,22)(H2,18,20,23). The lowest BCUT2D eigenvalue weighted by molar-refractivity contribution is 0.0941. The lowest BCUT2D eigenvalue weighted by atomic mass is 10.1. The second kappa shape index (κ2) is 7.30. The third kappa shape index (κ3) is 4.58. The van der Waals surface area contributed by atoms with Gasteiger partial charge in [-0.2, -0.15) is 0 Å². The Morgan fingerprint density at radius 3 is 2.61 bits per heavy atom. The Labute approximate surface area is 144 Å². The molecule has 120 valence electrons. The highest BCUT2D eigenvalue weighted by Crippen LogP contribution is 2.21. The molecule has 0 aliphatic carbocycles. The van der Waals surface area contributed by atoms with Crippen LogP contribution in [0, 0.1) is 13.8 Å². The first-order valence-electron chi connectivity index (χ1n) is 6.80. The molecule has 0 heterocycles. The number of carbonyl (C=O) groups is 1. The predicted molar refractivity (Wildman–Crippen MR) is 95.9 cm³/mol. The van der Waals surface area contributed by atoms with E-state index in [1.807, 2.05) is 32.0 Å². The van der Waals surface area contributed by atoms with Crippen molar-refractivity contribution in [3.8, 4) is 5.75 Å². The van der Waals surface area contributed by atoms with Crippen LogP contribution in [0.2, 0.25) is 5.02 Å². The van der Waals surface area contributed by atoms with E-state index < -0.39 is 5.91 Å². The summed E-state index contributed by atoms with van der Waals surface area (Å²) in [7, 11) is 0. The summed E-state index contributed by atoms with van der Waals surface area (Å²) in [6.45, 7) is 3.93. The SMILES string of the molecule is Cc1ccc(C)c(NC(=S)NNC(=O)c2cc(Cl)ccc2O)c1. The number of carbonyl (C=O) groups excluding carboxylic acids is 1. The lowest BCUT2D eigenvalue weighted by Crippen LogP contribution is -2.43. The second-order valence-corrected chi connectivity index (χ2v) is 5.86. The molecule has 0 saturated carbocycles. The molecule has 0 bridgehead atoms. The van der Waals surface area contributed by atoms with Crippen LogP contribution < -0.4 is 16.2 Å². The first kappa shape index (κ1) is 17.1. The molecule has 7 heteroatoms. The fourth-order valence-electron chi connectivity index (χ4n) is 1.90. The van der Waals surface area contributed by atoms with Gasteiger partial charge in [0.2, 0.25) is 0 Å². The van der Waals surface area contributed by atoms with Gasteiger partial charge in [0.25, 0.3) is 5.91 Å². The number of phenols is 1. The molecular formula is C16H16ClN3O2S. The van der Waals surface area contributed by atoms with Crippen molar-refractivity contribution in [2.75, 3.05) is 5.32 Å². The zero-order valence-electron chi connectivity index (χ0n) is 12.6. The summed E-state index contributed by atoms with van der Waals surface area (Å²) in [4.78, 5) is 12.0. The molecule has 5 nitrogen and oxygen atoms in total. The van der Waals surface area contributed by atoms with Gasteiger partial charge >= 0.3 is 0 Å². The van der Waals surface area contributed by atoms with Crippen LogP contribution in [0.15, 0.2) is 36.4 Å². The molecule has 2 rings (SSSR count). The minimum atomic E-state index is -0.546. The van der Waals surface area contributed by atoms with Gasteiger partial charge in [-0.05, 0) is 61.5 Å². The van der Waals surface area contributed by atoms with Crippen molar-refractivity contribution in [2.24, 2.45) is 0 Å². The molecule has 0 atom stereocenters. The number of phenolic OH excluding ortho intramolecular Hbond substituents is 1. The summed E-state index contributed by atoms with van der Waals surface area (Å²) in [6, 6.07) is 10.1. The number of nitrogens with one attached hydrogen (secondary N) is 3. The number of aromatic hydroxyl groups is 1. The molecule has 0 spiro atoms. The highest BCUT2D eigenvalue weighted by molar-refractivity contribution is 7.80. The highest BCUT2D eigenvalue weighted by atomic mass is 35.5. The molecule has 0 aliphatic heterocycles. The summed E-state index contributed by atoms with van der Waals surface area (Å²) >= 11 is 11.0. The first-order valence-corrected chi connectivity index (χ1v) is 7.58. The van der Waals surface area contributed by atoms with Gasteiger partial charge in [-0.3, -0.25) is 15.6 Å². The van der Waals surface area contributed by atoms with Crippen LogP contribution in [0.25, 0.3) is 0 Å². The average Bonchev–Trinajstić information content (AvgIpc) is 2.51. The van der Waals surface area contributed by atoms with E-state index in [0.717, 1.165) is 16.8 Å². The fraction of sp³-hybridized carbons (Fsp3) is 0.125. The van der Waals surface area contributed by atoms with Gasteiger partial charge in [0.15, 0.2) is 5.11 Å². The summed E-state index contributed by atoms with van der Waals surface area (Å²) in [5.41, 5.74) is 8.02. The summed E-state index contributed by atoms with van der Waals surface area (Å²) in [5.74, 6) is -0.711. The summed E-state index contributed by atoms with van der Waals surface area (Å²) < 4.78 is 0. The van der Waals surface area contributed by atoms with Crippen LogP contribution in [0.5, 0.6) is 5.75 Å². The van der Waals surface area contributed by atoms with E-state index in [1.165, 1.54) is 18.2 Å². The molecule has 0 aliphatic rings. The maximum absolute atomic E-state index is 12.0. The molecule has 0 aromatic heterocycles. The zero-order valence-corrected chi connectivity index (χ0v) is 14.2. The Bertz CT molecular complexity index is 765. The average molecular weight is 350 g/mol. The molecule has 0 unspecified atom stereocenters. The number of anilines is 1. The van der Waals surface area contributed by atoms with Crippen molar-refractivity contribution in [1.29, 1.82) is 0 Å². The van der Waals surface area contributed by atoms with E-state index in [1.54, 1.807) is 0 Å². The maximum atomic E-state index is 12.0. The van der Waals surface area contributed by atoms with Crippen molar-refractivity contribution >= 4 is 40.5 Å². The Morgan fingerprint density at radius 2 is 1.87 bits per heavy atom. The van der Waals surface area contributed by atoms with E-state index in [0.29, 0.717) is 5.02 Å². The van der Waals surface area contributed by atoms with Crippen molar-refractivity contribution in [3.63, 3.8) is 0 Å². The molecule has 4 N–H and O–H groups in total. The van der Waals surface area contributed by atoms with Crippen molar-refractivity contribution < 1.29 is 9.90 Å². The van der Waals surface area contributed by atoms with Crippen LogP contribution in [-0.4, -0.2) is 16.1 Å². The van der Waals surface area contributed by atoms with Crippen molar-refractivity contribution in [2.45, 2.75) is 13.8 Å². The number of amides is 1. The van der Waals surface area contributed by atoms with E-state index in [4.69, 9.17) is 23.8 Å². The molecule has 1 amide bonds. The van der Waals surface area contributed by atoms with Crippen LogP contribution >= 0.6 is 23.8 Å². The minimum absolute atomic E-state index is 0.0551. The Morgan fingerprint density at radius 1 is 1.13 bits per heavy atom. The third-order valence-electron chi connectivity index (χ3n) is 3.13. The zero-order chi connectivity index (χ0) is 17.0. The monoisotopic (exact) mass is 349 g/mol. The number of aryl methyl sites for hydroxylation is 2. The third-order valence-corrected chi connectivity index (χ3v) is 3.57. The number of hydrogen-bond acceptors (Lipinski definition) is 3. The van der Waals surface area contributed by atoms with Crippen molar-refractivity contribution in [3.05, 3.63) is 58.1 Å². The van der Waals surface area contributed by atoms with Gasteiger partial charge in [-0.1, -0.05) is 23.7 Å². The van der Waals surface area contributed by atoms with Gasteiger partial charge in [0.1, 0.15) is 5.75 Å². The van der Waals surface area contributed by atoms with E-state index in [-0.39, 0.29) is 16.4 Å². The molecule has 0 radical (unpaired) electrons. The summed E-state index contributed by atoms with van der Waals surface area (Å²) in [5, 5.41) is 13.3. The Hall–Kier alpha value is -2.31. The highest BCUT2D eigenvalue weighted by Gasteiger charge is 2.12. The number of benzene rings is 2. The number of hydrazine groups is 1. The normalized spacial score (nSPS) is 10.0. The predicted octanol–water partition coefficient (Wildman–Crippen LogP) is 3.29. The minimum Gasteiger partial charge on any atom is -0.507 e. The number of halogens is 1. The summed E-state index contributed by atoms with van der Waals surface area (Å²) in [6.07, 6.45) is 0. The topological polar surface area (TPSA) is 73.4 Å². The molecule has 2 aromatic carbocycles. The number of hydrogen-bond donors (Lipinski definition) is 4. The van der Waals surface area contributed by atoms with Crippen LogP contribution in [0.1, 0.15) is 21.5 Å². The fourth-order valence-corrected chi connectivity index (χ4v) is 2.23. The molecular weight excluding hydrogens is 334 g/mol. The lowest BCUT2D eigenvalue weighted by Gasteiger charge is -2.14. The number of thiocarbonyl (C=S) groups is 1. The van der Waals surface area contributed by atoms with Gasteiger partial charge in [-0.15, -0.1) is 0 Å². The van der Waals surface area contributed by atoms with E-state index in [9.17, 15) is 9.90 Å². The Kier molecular flexibility index (Phi) is 5.41. The first-order chi connectivity index (χ1) is 10.9. The van der Waals surface area contributed by atoms with Crippen LogP contribution in [-0.2, 0) is 0 Å². The van der Waals surface area contributed by atoms with Crippen molar-refractivity contribution in [1.82, 2.24) is 10.9 Å². The van der Waals surface area contributed by atoms with Crippen LogP contribution in [0.4, 0.5) is 5.69 Å². The van der Waals surface area contributed by atoms with Gasteiger partial charge < -0.3 is 10.4 Å². The van der Waals surface area contributed by atoms with Gasteiger partial charge in [0, 0.05) is 10.7 Å². The number of rotatable bonds is 2. The molecule has 23 heavy (non-hydrogen) atoms. The molecule has 2 aromatic rings. The second-order valence-electron chi connectivity index (χ2n) is 5.01. The van der Waals surface area contributed by atoms with Crippen LogP contribution in [0.3, 0.4) is 0 Å². The molecule has 0 fully saturated rings. The quantitative estimate of drug-likeness (QED) is 0.494. The van der Waals surface area contributed by atoms with Gasteiger partial charge in [-0.25, -0.2) is 0 Å². The maximum Gasteiger partial charge on any atom is 0.273 e. The van der Waals surface area contributed by atoms with E-state index in [2.05, 4.69) is 16.2 Å². The Balaban J connectivity index is 1.97. The van der Waals surface area contributed by atoms with E-state index >= 15 is 0 Å². The largest absolute Gasteiger partial charge is 0.507 e. The molecule has 0 saturated heterocycles. The smallest absolute Gasteiger partial charge is 0.273 e. The van der Waals surface area contributed by atoms with Gasteiger partial charge in [0.05, 0.1) is 5.56 Å².